The minimum absolute atomic E-state index is 0.00808. The maximum atomic E-state index is 12.4. The van der Waals surface area contributed by atoms with Gasteiger partial charge in [-0.1, -0.05) is 6.07 Å². The van der Waals surface area contributed by atoms with Crippen LogP contribution in [0.2, 0.25) is 0 Å². The molecule has 2 fully saturated rings. The van der Waals surface area contributed by atoms with Crippen LogP contribution in [0.4, 0.5) is 0 Å². The minimum atomic E-state index is -0.232. The second-order valence-corrected chi connectivity index (χ2v) is 7.40. The lowest BCUT2D eigenvalue weighted by atomic mass is 9.89. The molecule has 2 amide bonds. The Hall–Kier alpha value is -2.08. The van der Waals surface area contributed by atoms with E-state index in [4.69, 9.17) is 9.47 Å². The van der Waals surface area contributed by atoms with Crippen LogP contribution in [0.25, 0.3) is 0 Å². The van der Waals surface area contributed by atoms with Gasteiger partial charge in [0.05, 0.1) is 26.7 Å². The number of hydrogen-bond acceptors (Lipinski definition) is 5. The molecule has 0 aliphatic carbocycles. The largest absolute Gasteiger partial charge is 0.493 e. The van der Waals surface area contributed by atoms with Crippen LogP contribution in [-0.2, 0) is 16.0 Å². The Balaban J connectivity index is 1.49. The van der Waals surface area contributed by atoms with Gasteiger partial charge in [0.15, 0.2) is 11.5 Å². The zero-order chi connectivity index (χ0) is 19.4. The number of imide groups is 1. The first-order valence-corrected chi connectivity index (χ1v) is 9.86. The summed E-state index contributed by atoms with van der Waals surface area (Å²) >= 11 is 0. The lowest BCUT2D eigenvalue weighted by Gasteiger charge is -2.34. The zero-order valence-electron chi connectivity index (χ0n) is 16.6. The van der Waals surface area contributed by atoms with Gasteiger partial charge < -0.3 is 9.47 Å². The molecule has 148 valence electrons. The average molecular weight is 374 g/mol. The second kappa shape index (κ2) is 8.74. The van der Waals surface area contributed by atoms with Gasteiger partial charge in [-0.25, -0.2) is 0 Å². The van der Waals surface area contributed by atoms with Gasteiger partial charge in [-0.15, -0.1) is 0 Å². The Kier molecular flexibility index (Phi) is 6.37. The van der Waals surface area contributed by atoms with E-state index in [1.165, 1.54) is 10.5 Å². The van der Waals surface area contributed by atoms with Crippen LogP contribution in [0.1, 0.15) is 38.2 Å². The fourth-order valence-electron chi connectivity index (χ4n) is 4.24. The first kappa shape index (κ1) is 19.7. The first-order chi connectivity index (χ1) is 13.1. The molecule has 0 saturated carbocycles. The summed E-state index contributed by atoms with van der Waals surface area (Å²) in [6, 6.07) is 5.87. The van der Waals surface area contributed by atoms with E-state index >= 15 is 0 Å². The molecule has 1 aromatic carbocycles. The highest BCUT2D eigenvalue weighted by Crippen LogP contribution is 2.30. The van der Waals surface area contributed by atoms with E-state index in [1.807, 2.05) is 13.0 Å². The number of carbonyl (C=O) groups excluding carboxylic acids is 2. The summed E-state index contributed by atoms with van der Waals surface area (Å²) in [7, 11) is 3.31. The average Bonchev–Trinajstić information content (AvgIpc) is 2.99. The van der Waals surface area contributed by atoms with Crippen LogP contribution in [0.5, 0.6) is 11.5 Å². The number of ether oxygens (including phenoxy) is 2. The normalized spacial score (nSPS) is 21.7. The molecule has 2 saturated heterocycles. The second-order valence-electron chi connectivity index (χ2n) is 7.40. The molecule has 0 spiro atoms. The molecule has 1 aromatic rings. The highest BCUT2D eigenvalue weighted by atomic mass is 16.5. The highest BCUT2D eigenvalue weighted by molar-refractivity contribution is 6.05. The molecule has 27 heavy (non-hydrogen) atoms. The van der Waals surface area contributed by atoms with Crippen molar-refractivity contribution in [1.29, 1.82) is 0 Å². The summed E-state index contributed by atoms with van der Waals surface area (Å²) < 4.78 is 10.7. The van der Waals surface area contributed by atoms with Gasteiger partial charge in [0.2, 0.25) is 11.8 Å². The van der Waals surface area contributed by atoms with Crippen molar-refractivity contribution >= 4 is 11.8 Å². The van der Waals surface area contributed by atoms with E-state index in [9.17, 15) is 9.59 Å². The molecule has 0 N–H and O–H groups in total. The Morgan fingerprint density at radius 1 is 1.07 bits per heavy atom. The third-order valence-corrected chi connectivity index (χ3v) is 5.92. The van der Waals surface area contributed by atoms with Gasteiger partial charge in [0.1, 0.15) is 0 Å². The predicted molar refractivity (Wildman–Crippen MR) is 103 cm³/mol. The van der Waals surface area contributed by atoms with Crippen molar-refractivity contribution in [3.63, 3.8) is 0 Å². The molecule has 3 rings (SSSR count). The van der Waals surface area contributed by atoms with E-state index in [2.05, 4.69) is 17.0 Å². The number of rotatable bonds is 7. The number of likely N-dealkylation sites (N-methyl/N-ethyl adjacent to an activating group) is 1. The van der Waals surface area contributed by atoms with Crippen LogP contribution in [0, 0.1) is 5.92 Å². The standard InChI is InChI=1S/C21H30N2O4/c1-4-23-20(24)14-17(21(23)25)22-11-9-15(10-12-22)5-6-16-7-8-18(26-2)19(13-16)27-3/h7-8,13,15,17H,4-6,9-12,14H2,1-3H3/t17-/m0/s1. The Bertz CT molecular complexity index is 683. The van der Waals surface area contributed by atoms with Crippen molar-refractivity contribution in [3.8, 4) is 11.5 Å². The fraction of sp³-hybridized carbons (Fsp3) is 0.619. The van der Waals surface area contributed by atoms with Crippen LogP contribution < -0.4 is 9.47 Å². The quantitative estimate of drug-likeness (QED) is 0.687. The van der Waals surface area contributed by atoms with Crippen LogP contribution in [0.15, 0.2) is 18.2 Å². The number of methoxy groups -OCH3 is 2. The van der Waals surface area contributed by atoms with E-state index in [0.29, 0.717) is 18.9 Å². The van der Waals surface area contributed by atoms with Crippen LogP contribution in [-0.4, -0.2) is 61.5 Å². The Labute approximate surface area is 161 Å². The van der Waals surface area contributed by atoms with Crippen molar-refractivity contribution in [1.82, 2.24) is 9.80 Å². The van der Waals surface area contributed by atoms with Crippen molar-refractivity contribution in [3.05, 3.63) is 23.8 Å². The molecule has 2 aliphatic rings. The van der Waals surface area contributed by atoms with Gasteiger partial charge in [0, 0.05) is 6.54 Å². The number of hydrogen-bond donors (Lipinski definition) is 0. The van der Waals surface area contributed by atoms with E-state index in [0.717, 1.165) is 50.3 Å². The molecule has 0 bridgehead atoms. The van der Waals surface area contributed by atoms with Gasteiger partial charge in [-0.2, -0.15) is 0 Å². The summed E-state index contributed by atoms with van der Waals surface area (Å²) in [6.45, 7) is 4.14. The van der Waals surface area contributed by atoms with Crippen molar-refractivity contribution in [2.75, 3.05) is 33.9 Å². The third-order valence-electron chi connectivity index (χ3n) is 5.92. The number of amides is 2. The molecule has 6 heteroatoms. The number of piperidine rings is 1. The van der Waals surface area contributed by atoms with Crippen molar-refractivity contribution < 1.29 is 19.1 Å². The minimum Gasteiger partial charge on any atom is -0.493 e. The summed E-state index contributed by atoms with van der Waals surface area (Å²) in [4.78, 5) is 28.0. The lowest BCUT2D eigenvalue weighted by Crippen LogP contribution is -2.45. The SMILES string of the molecule is CCN1C(=O)C[C@H](N2CCC(CCc3ccc(OC)c(OC)c3)CC2)C1=O. The van der Waals surface area contributed by atoms with Crippen molar-refractivity contribution in [2.45, 2.75) is 45.1 Å². The molecular weight excluding hydrogens is 344 g/mol. The van der Waals surface area contributed by atoms with Crippen LogP contribution in [0.3, 0.4) is 0 Å². The summed E-state index contributed by atoms with van der Waals surface area (Å²) in [6.07, 6.45) is 4.65. The summed E-state index contributed by atoms with van der Waals surface area (Å²) in [5.41, 5.74) is 1.25. The molecule has 2 heterocycles. The van der Waals surface area contributed by atoms with E-state index in [1.54, 1.807) is 14.2 Å². The molecule has 2 aliphatic heterocycles. The number of nitrogens with zero attached hydrogens (tertiary/aromatic N) is 2. The monoisotopic (exact) mass is 374 g/mol. The first-order valence-electron chi connectivity index (χ1n) is 9.86. The summed E-state index contributed by atoms with van der Waals surface area (Å²) in [5.74, 6) is 2.15. The summed E-state index contributed by atoms with van der Waals surface area (Å²) in [5, 5.41) is 0. The van der Waals surface area contributed by atoms with Gasteiger partial charge in [0.25, 0.3) is 0 Å². The maximum absolute atomic E-state index is 12.4. The molecular formula is C21H30N2O4. The topological polar surface area (TPSA) is 59.1 Å². The van der Waals surface area contributed by atoms with Gasteiger partial charge >= 0.3 is 0 Å². The van der Waals surface area contributed by atoms with E-state index in [-0.39, 0.29) is 17.9 Å². The Morgan fingerprint density at radius 2 is 1.78 bits per heavy atom. The van der Waals surface area contributed by atoms with Crippen LogP contribution >= 0.6 is 0 Å². The molecule has 6 nitrogen and oxygen atoms in total. The molecule has 1 atom stereocenters. The Morgan fingerprint density at radius 3 is 2.37 bits per heavy atom. The molecule has 0 radical (unpaired) electrons. The zero-order valence-corrected chi connectivity index (χ0v) is 16.6. The smallest absolute Gasteiger partial charge is 0.247 e. The number of likely N-dealkylation sites (tertiary alicyclic amines) is 2. The van der Waals surface area contributed by atoms with Crippen molar-refractivity contribution in [2.24, 2.45) is 5.92 Å². The molecule has 0 unspecified atom stereocenters. The number of benzene rings is 1. The number of aryl methyl sites for hydroxylation is 1. The fourth-order valence-corrected chi connectivity index (χ4v) is 4.24. The molecule has 0 aromatic heterocycles. The van der Waals surface area contributed by atoms with Gasteiger partial charge in [-0.3, -0.25) is 19.4 Å². The predicted octanol–water partition coefficient (Wildman–Crippen LogP) is 2.50. The lowest BCUT2D eigenvalue weighted by molar-refractivity contribution is -0.139. The third kappa shape index (κ3) is 4.26. The number of carbonyl (C=O) groups is 2. The van der Waals surface area contributed by atoms with E-state index < -0.39 is 0 Å². The maximum Gasteiger partial charge on any atom is 0.247 e. The van der Waals surface area contributed by atoms with Gasteiger partial charge in [-0.05, 0) is 69.3 Å². The highest BCUT2D eigenvalue weighted by Gasteiger charge is 2.41.